The van der Waals surface area contributed by atoms with Crippen molar-refractivity contribution < 1.29 is 19.7 Å². The smallest absolute Gasteiger partial charge is 0.271 e. The summed E-state index contributed by atoms with van der Waals surface area (Å²) >= 11 is 6.14. The van der Waals surface area contributed by atoms with Gasteiger partial charge in [0.1, 0.15) is 23.9 Å². The lowest BCUT2D eigenvalue weighted by molar-refractivity contribution is 0.0954. The summed E-state index contributed by atoms with van der Waals surface area (Å²) in [5, 5.41) is 23.4. The van der Waals surface area contributed by atoms with Crippen molar-refractivity contribution in [3.05, 3.63) is 88.4 Å². The number of benzene rings is 3. The number of ether oxygens (including phenoxy) is 1. The van der Waals surface area contributed by atoms with Gasteiger partial charge in [0.2, 0.25) is 0 Å². The summed E-state index contributed by atoms with van der Waals surface area (Å²) in [6.07, 6.45) is 1.45. The number of carbonyl (C=O) groups excluding carboxylic acids is 1. The number of carbonyl (C=O) groups is 1. The van der Waals surface area contributed by atoms with Crippen LogP contribution in [0.15, 0.2) is 71.8 Å². The molecular formula is C21H17ClN2O4. The van der Waals surface area contributed by atoms with E-state index in [0.717, 1.165) is 11.6 Å². The first-order valence-electron chi connectivity index (χ1n) is 8.34. The molecule has 0 heterocycles. The molecule has 0 saturated heterocycles. The van der Waals surface area contributed by atoms with E-state index in [1.165, 1.54) is 18.3 Å². The second-order valence-corrected chi connectivity index (χ2v) is 6.26. The quantitative estimate of drug-likeness (QED) is 0.432. The largest absolute Gasteiger partial charge is 0.508 e. The molecule has 0 aliphatic rings. The Morgan fingerprint density at radius 1 is 1.04 bits per heavy atom. The molecule has 0 radical (unpaired) electrons. The maximum absolute atomic E-state index is 12.1. The lowest BCUT2D eigenvalue weighted by Gasteiger charge is -2.10. The number of halogens is 1. The average Bonchev–Trinajstić information content (AvgIpc) is 2.67. The van der Waals surface area contributed by atoms with Gasteiger partial charge in [-0.05, 0) is 30.3 Å². The third-order valence-electron chi connectivity index (χ3n) is 3.79. The second kappa shape index (κ2) is 8.92. The predicted molar refractivity (Wildman–Crippen MR) is 107 cm³/mol. The summed E-state index contributed by atoms with van der Waals surface area (Å²) in [5.41, 5.74) is 3.94. The molecule has 0 saturated carbocycles. The van der Waals surface area contributed by atoms with Gasteiger partial charge in [0.15, 0.2) is 0 Å². The minimum atomic E-state index is -0.572. The Labute approximate surface area is 166 Å². The molecule has 0 unspecified atom stereocenters. The standard InChI is InChI=1S/C21H17ClN2O4/c22-19-7-3-1-6-15(19)13-28-20-8-4-2-5-14(20)12-23-24-21(27)16-9-17(25)11-18(26)10-16/h1-12,25-26H,13H2,(H,24,27)/b23-12-. The van der Waals surface area contributed by atoms with Crippen LogP contribution in [0.5, 0.6) is 17.2 Å². The number of hydrogen-bond acceptors (Lipinski definition) is 5. The number of amides is 1. The van der Waals surface area contributed by atoms with E-state index in [-0.39, 0.29) is 17.1 Å². The first-order chi connectivity index (χ1) is 13.5. The lowest BCUT2D eigenvalue weighted by Crippen LogP contribution is -2.17. The van der Waals surface area contributed by atoms with Gasteiger partial charge in [0.05, 0.1) is 6.21 Å². The van der Waals surface area contributed by atoms with Crippen molar-refractivity contribution in [3.63, 3.8) is 0 Å². The molecule has 1 amide bonds. The van der Waals surface area contributed by atoms with Gasteiger partial charge in [0, 0.05) is 27.8 Å². The van der Waals surface area contributed by atoms with Gasteiger partial charge < -0.3 is 14.9 Å². The van der Waals surface area contributed by atoms with Crippen LogP contribution < -0.4 is 10.2 Å². The van der Waals surface area contributed by atoms with E-state index >= 15 is 0 Å². The molecule has 7 heteroatoms. The van der Waals surface area contributed by atoms with Crippen LogP contribution in [0.2, 0.25) is 5.02 Å². The zero-order valence-corrected chi connectivity index (χ0v) is 15.4. The van der Waals surface area contributed by atoms with Gasteiger partial charge in [-0.25, -0.2) is 5.43 Å². The molecule has 0 aromatic heterocycles. The number of nitrogens with one attached hydrogen (secondary N) is 1. The van der Waals surface area contributed by atoms with Gasteiger partial charge in [-0.3, -0.25) is 4.79 Å². The fourth-order valence-corrected chi connectivity index (χ4v) is 2.63. The molecule has 0 fully saturated rings. The van der Waals surface area contributed by atoms with Gasteiger partial charge in [-0.2, -0.15) is 5.10 Å². The van der Waals surface area contributed by atoms with Crippen LogP contribution in [-0.4, -0.2) is 22.3 Å². The molecule has 28 heavy (non-hydrogen) atoms. The molecule has 0 atom stereocenters. The van der Waals surface area contributed by atoms with Gasteiger partial charge >= 0.3 is 0 Å². The van der Waals surface area contributed by atoms with E-state index in [4.69, 9.17) is 16.3 Å². The maximum atomic E-state index is 12.1. The predicted octanol–water partition coefficient (Wildman–Crippen LogP) is 4.09. The van der Waals surface area contributed by atoms with Crippen LogP contribution in [0.25, 0.3) is 0 Å². The Morgan fingerprint density at radius 2 is 1.71 bits per heavy atom. The van der Waals surface area contributed by atoms with E-state index in [1.54, 1.807) is 18.2 Å². The summed E-state index contributed by atoms with van der Waals surface area (Å²) in [4.78, 5) is 12.1. The van der Waals surface area contributed by atoms with E-state index in [1.807, 2.05) is 30.3 Å². The molecule has 142 valence electrons. The highest BCUT2D eigenvalue weighted by atomic mass is 35.5. The minimum Gasteiger partial charge on any atom is -0.508 e. The number of rotatable bonds is 6. The Bertz CT molecular complexity index is 1000. The topological polar surface area (TPSA) is 91.2 Å². The third kappa shape index (κ3) is 5.02. The first-order valence-corrected chi connectivity index (χ1v) is 8.72. The lowest BCUT2D eigenvalue weighted by atomic mass is 10.2. The fourth-order valence-electron chi connectivity index (χ4n) is 2.44. The van der Waals surface area contributed by atoms with E-state index in [9.17, 15) is 15.0 Å². The summed E-state index contributed by atoms with van der Waals surface area (Å²) in [7, 11) is 0. The number of nitrogens with zero attached hydrogens (tertiary/aromatic N) is 1. The molecule has 0 bridgehead atoms. The van der Waals surface area contributed by atoms with Gasteiger partial charge in [0.25, 0.3) is 5.91 Å². The number of phenols is 2. The minimum absolute atomic E-state index is 0.0814. The van der Waals surface area contributed by atoms with Crippen molar-refractivity contribution in [2.45, 2.75) is 6.61 Å². The molecule has 0 spiro atoms. The fraction of sp³-hybridized carbons (Fsp3) is 0.0476. The molecule has 3 aromatic rings. The molecule has 0 aliphatic carbocycles. The molecule has 3 aromatic carbocycles. The Morgan fingerprint density at radius 3 is 2.46 bits per heavy atom. The zero-order valence-electron chi connectivity index (χ0n) is 14.7. The SMILES string of the molecule is O=C(N/N=C\c1ccccc1OCc1ccccc1Cl)c1cc(O)cc(O)c1. The average molecular weight is 397 g/mol. The molecule has 3 rings (SSSR count). The van der Waals surface area contributed by atoms with Gasteiger partial charge in [-0.15, -0.1) is 0 Å². The zero-order chi connectivity index (χ0) is 19.9. The van der Waals surface area contributed by atoms with Crippen molar-refractivity contribution >= 4 is 23.7 Å². The van der Waals surface area contributed by atoms with Crippen LogP contribution in [0.4, 0.5) is 0 Å². The van der Waals surface area contributed by atoms with Crippen LogP contribution >= 0.6 is 11.6 Å². The Kier molecular flexibility index (Phi) is 6.14. The first kappa shape index (κ1) is 19.3. The second-order valence-electron chi connectivity index (χ2n) is 5.86. The number of hydrazone groups is 1. The van der Waals surface area contributed by atoms with Crippen molar-refractivity contribution in [1.29, 1.82) is 0 Å². The number of para-hydroxylation sites is 1. The monoisotopic (exact) mass is 396 g/mol. The maximum Gasteiger partial charge on any atom is 0.271 e. The summed E-state index contributed by atoms with van der Waals surface area (Å²) in [6, 6.07) is 18.2. The van der Waals surface area contributed by atoms with E-state index < -0.39 is 5.91 Å². The molecule has 3 N–H and O–H groups in total. The van der Waals surface area contributed by atoms with E-state index in [0.29, 0.717) is 22.9 Å². The Hall–Kier alpha value is -3.51. The normalized spacial score (nSPS) is 10.8. The summed E-state index contributed by atoms with van der Waals surface area (Å²) < 4.78 is 5.82. The Balaban J connectivity index is 1.67. The van der Waals surface area contributed by atoms with E-state index in [2.05, 4.69) is 10.5 Å². The van der Waals surface area contributed by atoms with Crippen molar-refractivity contribution in [3.8, 4) is 17.2 Å². The molecule has 0 aliphatic heterocycles. The van der Waals surface area contributed by atoms with Crippen molar-refractivity contribution in [2.75, 3.05) is 0 Å². The number of hydrogen-bond donors (Lipinski definition) is 3. The molecular weight excluding hydrogens is 380 g/mol. The highest BCUT2D eigenvalue weighted by Gasteiger charge is 2.08. The van der Waals surface area contributed by atoms with Crippen LogP contribution in [0.1, 0.15) is 21.5 Å². The third-order valence-corrected chi connectivity index (χ3v) is 4.16. The highest BCUT2D eigenvalue weighted by molar-refractivity contribution is 6.31. The highest BCUT2D eigenvalue weighted by Crippen LogP contribution is 2.22. The van der Waals surface area contributed by atoms with Crippen molar-refractivity contribution in [2.24, 2.45) is 5.10 Å². The summed E-state index contributed by atoms with van der Waals surface area (Å²) in [5.74, 6) is -0.424. The molecule has 6 nitrogen and oxygen atoms in total. The van der Waals surface area contributed by atoms with Crippen LogP contribution in [-0.2, 0) is 6.61 Å². The van der Waals surface area contributed by atoms with Crippen molar-refractivity contribution in [1.82, 2.24) is 5.43 Å². The van der Waals surface area contributed by atoms with Crippen LogP contribution in [0.3, 0.4) is 0 Å². The summed E-state index contributed by atoms with van der Waals surface area (Å²) in [6.45, 7) is 0.291. The number of aromatic hydroxyl groups is 2. The number of phenolic OH excluding ortho intramolecular Hbond substituents is 2. The van der Waals surface area contributed by atoms with Gasteiger partial charge in [-0.1, -0.05) is 41.9 Å². The van der Waals surface area contributed by atoms with Crippen LogP contribution in [0, 0.1) is 0 Å².